The standard InChI is InChI=1S/C29H32NO5S.HI/c1-8-30-24-15-14-22(36(31,32)21-12-10-9-11-13-21)18-23(24)29(3,4)28(30)19(2)27-25(34-6)16-20(33-5)17-26(27)35-7;/h9-18H,2,8H2,1,3-7H3;1H/q+1;/p-1. The molecule has 1 aliphatic rings. The van der Waals surface area contributed by atoms with E-state index in [0.717, 1.165) is 28.1 Å². The molecule has 196 valence electrons. The molecule has 1 aliphatic heterocycles. The Morgan fingerprint density at radius 2 is 1.49 bits per heavy atom. The second kappa shape index (κ2) is 10.9. The van der Waals surface area contributed by atoms with Gasteiger partial charge in [0.25, 0.3) is 0 Å². The predicted molar refractivity (Wildman–Crippen MR) is 142 cm³/mol. The van der Waals surface area contributed by atoms with Gasteiger partial charge < -0.3 is 38.2 Å². The molecule has 0 atom stereocenters. The van der Waals surface area contributed by atoms with E-state index in [1.54, 1.807) is 75.9 Å². The second-order valence-corrected chi connectivity index (χ2v) is 11.0. The van der Waals surface area contributed by atoms with Gasteiger partial charge in [0.05, 0.1) is 47.7 Å². The zero-order chi connectivity index (χ0) is 26.3. The Morgan fingerprint density at radius 3 is 2.00 bits per heavy atom. The normalized spacial score (nSPS) is 14.0. The first-order valence-corrected chi connectivity index (χ1v) is 13.2. The highest BCUT2D eigenvalue weighted by molar-refractivity contribution is 7.91. The summed E-state index contributed by atoms with van der Waals surface area (Å²) < 4.78 is 45.8. The van der Waals surface area contributed by atoms with Crippen molar-refractivity contribution in [2.75, 3.05) is 27.9 Å². The number of hydrogen-bond donors (Lipinski definition) is 0. The lowest BCUT2D eigenvalue weighted by molar-refractivity contribution is -0.432. The zero-order valence-electron chi connectivity index (χ0n) is 22.0. The zero-order valence-corrected chi connectivity index (χ0v) is 24.9. The van der Waals surface area contributed by atoms with Gasteiger partial charge in [-0.2, -0.15) is 4.58 Å². The highest BCUT2D eigenvalue weighted by Gasteiger charge is 2.48. The van der Waals surface area contributed by atoms with Crippen molar-refractivity contribution in [3.63, 3.8) is 0 Å². The number of rotatable bonds is 8. The van der Waals surface area contributed by atoms with Crippen LogP contribution in [-0.4, -0.2) is 46.6 Å². The van der Waals surface area contributed by atoms with Gasteiger partial charge in [-0.15, -0.1) is 0 Å². The van der Waals surface area contributed by atoms with E-state index >= 15 is 0 Å². The van der Waals surface area contributed by atoms with Crippen molar-refractivity contribution < 1.29 is 51.2 Å². The van der Waals surface area contributed by atoms with Crippen molar-refractivity contribution in [1.82, 2.24) is 0 Å². The van der Waals surface area contributed by atoms with E-state index in [-0.39, 0.29) is 33.8 Å². The molecule has 0 fully saturated rings. The Balaban J connectivity index is 0.00000380. The number of allylic oxidation sites excluding steroid dienone is 1. The van der Waals surface area contributed by atoms with Crippen LogP contribution in [0.15, 0.2) is 77.0 Å². The Labute approximate surface area is 236 Å². The van der Waals surface area contributed by atoms with Crippen LogP contribution in [0.2, 0.25) is 0 Å². The Hall–Kier alpha value is -2.85. The molecule has 0 spiro atoms. The molecule has 3 aromatic carbocycles. The molecule has 0 bridgehead atoms. The summed E-state index contributed by atoms with van der Waals surface area (Å²) >= 11 is 0. The lowest BCUT2D eigenvalue weighted by Gasteiger charge is -2.22. The molecule has 0 N–H and O–H groups in total. The minimum atomic E-state index is -3.66. The molecular formula is C29H32INO5S. The minimum absolute atomic E-state index is 0. The van der Waals surface area contributed by atoms with E-state index in [0.29, 0.717) is 23.8 Å². The van der Waals surface area contributed by atoms with E-state index in [1.807, 2.05) is 6.07 Å². The van der Waals surface area contributed by atoms with Crippen molar-refractivity contribution in [2.24, 2.45) is 0 Å². The van der Waals surface area contributed by atoms with Gasteiger partial charge in [-0.1, -0.05) is 24.8 Å². The molecule has 6 nitrogen and oxygen atoms in total. The van der Waals surface area contributed by atoms with Gasteiger partial charge in [-0.3, -0.25) is 0 Å². The third kappa shape index (κ3) is 4.77. The summed E-state index contributed by atoms with van der Waals surface area (Å²) in [5.41, 5.74) is 3.76. The highest BCUT2D eigenvalue weighted by atomic mass is 127. The smallest absolute Gasteiger partial charge is 0.209 e. The van der Waals surface area contributed by atoms with Crippen LogP contribution in [-0.2, 0) is 15.3 Å². The predicted octanol–water partition coefficient (Wildman–Crippen LogP) is 2.66. The Morgan fingerprint density at radius 1 is 0.892 bits per heavy atom. The third-order valence-corrected chi connectivity index (χ3v) is 8.54. The van der Waals surface area contributed by atoms with Gasteiger partial charge in [-0.25, -0.2) is 8.42 Å². The van der Waals surface area contributed by atoms with Crippen molar-refractivity contribution in [1.29, 1.82) is 0 Å². The number of sulfone groups is 1. The van der Waals surface area contributed by atoms with Crippen LogP contribution in [0.25, 0.3) is 5.57 Å². The average molecular weight is 634 g/mol. The summed E-state index contributed by atoms with van der Waals surface area (Å²) in [6.07, 6.45) is 0. The van der Waals surface area contributed by atoms with E-state index in [4.69, 9.17) is 14.2 Å². The number of halogens is 1. The molecule has 0 saturated carbocycles. The molecule has 8 heteroatoms. The quantitative estimate of drug-likeness (QED) is 0.282. The largest absolute Gasteiger partial charge is 1.00 e. The molecule has 0 aliphatic carbocycles. The lowest BCUT2D eigenvalue weighted by Crippen LogP contribution is -3.00. The minimum Gasteiger partial charge on any atom is -1.00 e. The van der Waals surface area contributed by atoms with E-state index in [9.17, 15) is 8.42 Å². The van der Waals surface area contributed by atoms with Crippen molar-refractivity contribution >= 4 is 26.8 Å². The Bertz CT molecular complexity index is 1450. The topological polar surface area (TPSA) is 64.8 Å². The first-order valence-electron chi connectivity index (χ1n) is 11.7. The van der Waals surface area contributed by atoms with Crippen LogP contribution in [0.4, 0.5) is 5.69 Å². The maximum atomic E-state index is 13.4. The second-order valence-electron chi connectivity index (χ2n) is 9.10. The van der Waals surface area contributed by atoms with Crippen LogP contribution < -0.4 is 38.2 Å². The third-order valence-electron chi connectivity index (χ3n) is 6.78. The molecule has 0 saturated heterocycles. The maximum absolute atomic E-state index is 13.4. The summed E-state index contributed by atoms with van der Waals surface area (Å²) in [5, 5.41) is 0. The lowest BCUT2D eigenvalue weighted by atomic mass is 9.77. The molecule has 1 heterocycles. The first-order chi connectivity index (χ1) is 17.1. The molecular weight excluding hydrogens is 601 g/mol. The van der Waals surface area contributed by atoms with E-state index < -0.39 is 15.3 Å². The number of nitrogens with zero attached hydrogens (tertiary/aromatic N) is 1. The van der Waals surface area contributed by atoms with Crippen LogP contribution in [0.5, 0.6) is 17.2 Å². The Kier molecular flexibility index (Phi) is 8.44. The molecule has 37 heavy (non-hydrogen) atoms. The molecule has 0 unspecified atom stereocenters. The van der Waals surface area contributed by atoms with Crippen LogP contribution in [0.3, 0.4) is 0 Å². The average Bonchev–Trinajstić information content (AvgIpc) is 3.13. The maximum Gasteiger partial charge on any atom is 0.209 e. The van der Waals surface area contributed by atoms with Crippen molar-refractivity contribution in [2.45, 2.75) is 36.0 Å². The van der Waals surface area contributed by atoms with Crippen molar-refractivity contribution in [3.8, 4) is 17.2 Å². The summed E-state index contributed by atoms with van der Waals surface area (Å²) in [4.78, 5) is 0.539. The first kappa shape index (κ1) is 28.7. The highest BCUT2D eigenvalue weighted by Crippen LogP contribution is 2.47. The fraction of sp³-hybridized carbons (Fsp3) is 0.276. The van der Waals surface area contributed by atoms with Gasteiger partial charge in [0.2, 0.25) is 15.5 Å². The summed E-state index contributed by atoms with van der Waals surface area (Å²) in [5.74, 6) is 1.78. The van der Waals surface area contributed by atoms with Crippen LogP contribution >= 0.6 is 0 Å². The fourth-order valence-corrected chi connectivity index (χ4v) is 6.34. The van der Waals surface area contributed by atoms with Gasteiger partial charge in [-0.05, 0) is 45.0 Å². The van der Waals surface area contributed by atoms with Gasteiger partial charge >= 0.3 is 0 Å². The summed E-state index contributed by atoms with van der Waals surface area (Å²) in [6, 6.07) is 17.5. The molecule has 4 rings (SSSR count). The molecule has 0 radical (unpaired) electrons. The van der Waals surface area contributed by atoms with E-state index in [1.165, 1.54) is 0 Å². The monoisotopic (exact) mass is 633 g/mol. The number of benzene rings is 3. The number of fused-ring (bicyclic) bond motifs is 1. The summed E-state index contributed by atoms with van der Waals surface area (Å²) in [7, 11) is 1.13. The van der Waals surface area contributed by atoms with Crippen LogP contribution in [0, 0.1) is 0 Å². The number of ether oxygens (including phenoxy) is 3. The summed E-state index contributed by atoms with van der Waals surface area (Å²) in [6.45, 7) is 11.4. The van der Waals surface area contributed by atoms with E-state index in [2.05, 4.69) is 31.9 Å². The fourth-order valence-electron chi connectivity index (χ4n) is 5.03. The van der Waals surface area contributed by atoms with Gasteiger partial charge in [0, 0.05) is 23.8 Å². The number of hydrogen-bond acceptors (Lipinski definition) is 5. The SMILES string of the molecule is C=C(C1=[N+](CC)c2ccc(S(=O)(=O)c3ccccc3)cc2C1(C)C)c1c(OC)cc(OC)cc1OC.[I-]. The van der Waals surface area contributed by atoms with Crippen LogP contribution in [0.1, 0.15) is 31.9 Å². The van der Waals surface area contributed by atoms with Crippen molar-refractivity contribution in [3.05, 3.63) is 78.4 Å². The number of methoxy groups -OCH3 is 3. The van der Waals surface area contributed by atoms with Gasteiger partial charge in [0.15, 0.2) is 5.71 Å². The molecule has 0 amide bonds. The molecule has 3 aromatic rings. The molecule has 0 aromatic heterocycles. The van der Waals surface area contributed by atoms with Gasteiger partial charge in [0.1, 0.15) is 23.8 Å².